The van der Waals surface area contributed by atoms with Crippen molar-refractivity contribution in [3.05, 3.63) is 41.7 Å². The Bertz CT molecular complexity index is 988. The zero-order valence-electron chi connectivity index (χ0n) is 19.6. The van der Waals surface area contributed by atoms with Gasteiger partial charge in [-0.3, -0.25) is 9.88 Å². The molecule has 0 bridgehead atoms. The molecular formula is C25H35N3O2S. The molecule has 1 aromatic heterocycles. The Hall–Kier alpha value is -2.23. The number of nitrogens with zero attached hydrogens (tertiary/aromatic N) is 2. The van der Waals surface area contributed by atoms with Crippen molar-refractivity contribution in [2.75, 3.05) is 31.9 Å². The van der Waals surface area contributed by atoms with Crippen LogP contribution in [0.4, 0.5) is 4.79 Å². The van der Waals surface area contributed by atoms with E-state index in [1.54, 1.807) is 0 Å². The second-order valence-electron chi connectivity index (χ2n) is 10.0. The first-order chi connectivity index (χ1) is 14.5. The molecule has 0 aliphatic carbocycles. The summed E-state index contributed by atoms with van der Waals surface area (Å²) in [4.78, 5) is 18.8. The zero-order chi connectivity index (χ0) is 22.6. The van der Waals surface area contributed by atoms with E-state index in [-0.39, 0.29) is 12.1 Å². The summed E-state index contributed by atoms with van der Waals surface area (Å²) < 4.78 is 5.38. The smallest absolute Gasteiger partial charge is 0.407 e. The molecule has 3 rings (SSSR count). The van der Waals surface area contributed by atoms with Gasteiger partial charge in [-0.05, 0) is 69.3 Å². The molecule has 2 aromatic rings. The SMILES string of the molecule is CC(C)(C)OC(=O)NC1CCN(Cc2ccc3cncc(C#CS(C)(C)C)c3c2)CC1. The van der Waals surface area contributed by atoms with Gasteiger partial charge in [-0.2, -0.15) is 10.0 Å². The molecule has 1 amide bonds. The first-order valence-corrected chi connectivity index (χ1v) is 13.6. The highest BCUT2D eigenvalue weighted by molar-refractivity contribution is 8.35. The lowest BCUT2D eigenvalue weighted by molar-refractivity contribution is 0.0477. The predicted molar refractivity (Wildman–Crippen MR) is 132 cm³/mol. The largest absolute Gasteiger partial charge is 0.444 e. The van der Waals surface area contributed by atoms with Gasteiger partial charge in [-0.1, -0.05) is 18.1 Å². The van der Waals surface area contributed by atoms with E-state index in [0.717, 1.165) is 43.4 Å². The van der Waals surface area contributed by atoms with Gasteiger partial charge in [0.15, 0.2) is 0 Å². The van der Waals surface area contributed by atoms with Crippen molar-refractivity contribution in [3.63, 3.8) is 0 Å². The third kappa shape index (κ3) is 7.45. The molecule has 5 nitrogen and oxygen atoms in total. The molecule has 1 aromatic carbocycles. The summed E-state index contributed by atoms with van der Waals surface area (Å²) in [6, 6.07) is 6.75. The van der Waals surface area contributed by atoms with E-state index in [1.807, 2.05) is 33.2 Å². The molecule has 31 heavy (non-hydrogen) atoms. The van der Waals surface area contributed by atoms with E-state index in [2.05, 4.69) is 63.3 Å². The molecule has 1 fully saturated rings. The van der Waals surface area contributed by atoms with E-state index in [1.165, 1.54) is 10.9 Å². The zero-order valence-corrected chi connectivity index (χ0v) is 20.4. The minimum absolute atomic E-state index is 0.176. The highest BCUT2D eigenvalue weighted by Crippen LogP contribution is 2.32. The van der Waals surface area contributed by atoms with Gasteiger partial charge in [0.2, 0.25) is 0 Å². The maximum Gasteiger partial charge on any atom is 0.407 e. The normalized spacial score (nSPS) is 16.5. The first kappa shape index (κ1) is 23.4. The number of carbonyl (C=O) groups is 1. The topological polar surface area (TPSA) is 54.5 Å². The Balaban J connectivity index is 1.63. The average molecular weight is 442 g/mol. The van der Waals surface area contributed by atoms with Crippen LogP contribution >= 0.6 is 10.0 Å². The Morgan fingerprint density at radius 3 is 2.58 bits per heavy atom. The van der Waals surface area contributed by atoms with Gasteiger partial charge in [-0.25, -0.2) is 4.79 Å². The molecule has 2 heterocycles. The van der Waals surface area contributed by atoms with Gasteiger partial charge in [0.25, 0.3) is 0 Å². The minimum Gasteiger partial charge on any atom is -0.444 e. The molecule has 0 atom stereocenters. The van der Waals surface area contributed by atoms with Crippen LogP contribution in [0.15, 0.2) is 30.6 Å². The van der Waals surface area contributed by atoms with Crippen LogP contribution < -0.4 is 5.32 Å². The Labute approximate surface area is 188 Å². The number of rotatable bonds is 3. The number of hydrogen-bond donors (Lipinski definition) is 1. The van der Waals surface area contributed by atoms with Crippen molar-refractivity contribution >= 4 is 26.9 Å². The van der Waals surface area contributed by atoms with E-state index in [0.29, 0.717) is 0 Å². The lowest BCUT2D eigenvalue weighted by Gasteiger charge is -2.32. The number of hydrogen-bond acceptors (Lipinski definition) is 4. The molecule has 168 valence electrons. The summed E-state index contributed by atoms with van der Waals surface area (Å²) in [5, 5.41) is 8.71. The molecule has 0 radical (unpaired) electrons. The number of carbonyl (C=O) groups excluding carboxylic acids is 1. The molecule has 1 N–H and O–H groups in total. The molecule has 0 saturated carbocycles. The van der Waals surface area contributed by atoms with Crippen LogP contribution in [-0.4, -0.2) is 59.5 Å². The van der Waals surface area contributed by atoms with E-state index in [4.69, 9.17) is 4.74 Å². The third-order valence-corrected chi connectivity index (χ3v) is 5.75. The second-order valence-corrected chi connectivity index (χ2v) is 13.9. The van der Waals surface area contributed by atoms with Gasteiger partial charge in [0, 0.05) is 48.8 Å². The summed E-state index contributed by atoms with van der Waals surface area (Å²) in [5.74, 6) is 3.36. The molecule has 0 spiro atoms. The van der Waals surface area contributed by atoms with Crippen molar-refractivity contribution in [2.24, 2.45) is 0 Å². The number of piperidine rings is 1. The van der Waals surface area contributed by atoms with Crippen molar-refractivity contribution in [2.45, 2.75) is 51.8 Å². The highest BCUT2D eigenvalue weighted by atomic mass is 32.3. The number of likely N-dealkylation sites (tertiary alicyclic amines) is 1. The molecule has 1 saturated heterocycles. The molecule has 1 aliphatic rings. The fourth-order valence-electron chi connectivity index (χ4n) is 3.58. The number of pyridine rings is 1. The molecular weight excluding hydrogens is 406 g/mol. The number of amides is 1. The number of nitrogens with one attached hydrogen (secondary N) is 1. The van der Waals surface area contributed by atoms with Crippen LogP contribution in [0.3, 0.4) is 0 Å². The maximum atomic E-state index is 12.0. The summed E-state index contributed by atoms with van der Waals surface area (Å²) >= 11 is 0. The van der Waals surface area contributed by atoms with Crippen molar-refractivity contribution in [3.8, 4) is 11.2 Å². The van der Waals surface area contributed by atoms with E-state index >= 15 is 0 Å². The van der Waals surface area contributed by atoms with Crippen LogP contribution in [0.25, 0.3) is 10.8 Å². The summed E-state index contributed by atoms with van der Waals surface area (Å²) in [7, 11) is -0.884. The Kier molecular flexibility index (Phi) is 7.18. The maximum absolute atomic E-state index is 12.0. The summed E-state index contributed by atoms with van der Waals surface area (Å²) in [6.07, 6.45) is 11.9. The minimum atomic E-state index is -0.884. The fourth-order valence-corrected chi connectivity index (χ4v) is 4.00. The Morgan fingerprint density at radius 2 is 1.94 bits per heavy atom. The molecule has 0 unspecified atom stereocenters. The van der Waals surface area contributed by atoms with Crippen molar-refractivity contribution < 1.29 is 9.53 Å². The van der Waals surface area contributed by atoms with Crippen LogP contribution in [0.2, 0.25) is 0 Å². The summed E-state index contributed by atoms with van der Waals surface area (Å²) in [6.45, 7) is 8.46. The number of ether oxygens (including phenoxy) is 1. The number of aromatic nitrogens is 1. The highest BCUT2D eigenvalue weighted by Gasteiger charge is 2.23. The van der Waals surface area contributed by atoms with Gasteiger partial charge in [0.1, 0.15) is 5.60 Å². The van der Waals surface area contributed by atoms with Gasteiger partial charge in [-0.15, -0.1) is 0 Å². The van der Waals surface area contributed by atoms with Crippen LogP contribution in [-0.2, 0) is 11.3 Å². The first-order valence-electron chi connectivity index (χ1n) is 10.8. The van der Waals surface area contributed by atoms with E-state index < -0.39 is 15.6 Å². The number of alkyl carbamates (subject to hydrolysis) is 1. The van der Waals surface area contributed by atoms with E-state index in [9.17, 15) is 4.79 Å². The lowest BCUT2D eigenvalue weighted by Crippen LogP contribution is -2.45. The van der Waals surface area contributed by atoms with Crippen LogP contribution in [0.5, 0.6) is 0 Å². The summed E-state index contributed by atoms with van der Waals surface area (Å²) in [5.41, 5.74) is 1.82. The fraction of sp³-hybridized carbons (Fsp3) is 0.520. The van der Waals surface area contributed by atoms with Crippen LogP contribution in [0, 0.1) is 11.2 Å². The van der Waals surface area contributed by atoms with Gasteiger partial charge >= 0.3 is 6.09 Å². The van der Waals surface area contributed by atoms with Crippen molar-refractivity contribution in [1.29, 1.82) is 0 Å². The van der Waals surface area contributed by atoms with Crippen LogP contribution in [0.1, 0.15) is 44.7 Å². The van der Waals surface area contributed by atoms with Gasteiger partial charge < -0.3 is 10.1 Å². The van der Waals surface area contributed by atoms with Gasteiger partial charge in [0.05, 0.1) is 5.56 Å². The molecule has 1 aliphatic heterocycles. The third-order valence-electron chi connectivity index (χ3n) is 5.03. The lowest BCUT2D eigenvalue weighted by atomic mass is 10.0. The molecule has 6 heteroatoms. The van der Waals surface area contributed by atoms with Crippen molar-refractivity contribution in [1.82, 2.24) is 15.2 Å². The number of fused-ring (bicyclic) bond motifs is 1. The average Bonchev–Trinajstić information content (AvgIpc) is 2.66. The monoisotopic (exact) mass is 441 g/mol. The second kappa shape index (κ2) is 9.50. The standard InChI is InChI=1S/C25H35N3O2S/c1-25(2,3)30-24(29)27-22-9-12-28(13-10-22)18-19-7-8-20-16-26-17-21(23(20)15-19)11-14-31(4,5)6/h7-8,15-17,22H,9-10,12-13,18H2,1-6H3,(H,27,29). The number of benzene rings is 1. The predicted octanol–water partition coefficient (Wildman–Crippen LogP) is 4.73. The quantitative estimate of drug-likeness (QED) is 0.700. The Morgan fingerprint density at radius 1 is 1.23 bits per heavy atom.